The SMILES string of the molecule is CCN1CCN(C(=O)CN(c2cccc(Br)c2)S(=O)(=O)c2ccc(C)cc2)CC1. The molecule has 1 heterocycles. The van der Waals surface area contributed by atoms with Gasteiger partial charge in [-0.3, -0.25) is 9.10 Å². The molecule has 29 heavy (non-hydrogen) atoms. The lowest BCUT2D eigenvalue weighted by molar-refractivity contribution is -0.131. The summed E-state index contributed by atoms with van der Waals surface area (Å²) >= 11 is 3.40. The van der Waals surface area contributed by atoms with Gasteiger partial charge in [0.1, 0.15) is 6.54 Å². The third-order valence-corrected chi connectivity index (χ3v) is 7.44. The maximum absolute atomic E-state index is 13.4. The number of carbonyl (C=O) groups is 1. The van der Waals surface area contributed by atoms with Crippen molar-refractivity contribution >= 4 is 37.5 Å². The topological polar surface area (TPSA) is 60.9 Å². The van der Waals surface area contributed by atoms with Crippen LogP contribution in [0.5, 0.6) is 0 Å². The van der Waals surface area contributed by atoms with E-state index in [4.69, 9.17) is 0 Å². The van der Waals surface area contributed by atoms with Crippen LogP contribution in [0.15, 0.2) is 57.9 Å². The second-order valence-corrected chi connectivity index (χ2v) is 9.90. The summed E-state index contributed by atoms with van der Waals surface area (Å²) in [6.07, 6.45) is 0. The minimum atomic E-state index is -3.88. The Morgan fingerprint density at radius 3 is 2.31 bits per heavy atom. The lowest BCUT2D eigenvalue weighted by Crippen LogP contribution is -2.51. The van der Waals surface area contributed by atoms with E-state index in [2.05, 4.69) is 27.8 Å². The molecule has 0 aliphatic carbocycles. The van der Waals surface area contributed by atoms with Crippen LogP contribution in [0.3, 0.4) is 0 Å². The van der Waals surface area contributed by atoms with Crippen LogP contribution in [0.4, 0.5) is 5.69 Å². The summed E-state index contributed by atoms with van der Waals surface area (Å²) < 4.78 is 28.8. The number of piperazine rings is 1. The molecule has 0 saturated carbocycles. The molecule has 0 spiro atoms. The Hall–Kier alpha value is -1.90. The molecule has 0 bridgehead atoms. The summed E-state index contributed by atoms with van der Waals surface area (Å²) in [4.78, 5) is 17.2. The van der Waals surface area contributed by atoms with Crippen LogP contribution in [0.25, 0.3) is 0 Å². The molecule has 0 N–H and O–H groups in total. The zero-order chi connectivity index (χ0) is 21.0. The van der Waals surface area contributed by atoms with Gasteiger partial charge < -0.3 is 9.80 Å². The molecule has 3 rings (SSSR count). The largest absolute Gasteiger partial charge is 0.339 e. The molecule has 1 aliphatic rings. The van der Waals surface area contributed by atoms with Crippen LogP contribution < -0.4 is 4.31 Å². The van der Waals surface area contributed by atoms with Crippen molar-refractivity contribution in [2.45, 2.75) is 18.7 Å². The molecule has 0 aromatic heterocycles. The van der Waals surface area contributed by atoms with Gasteiger partial charge in [0, 0.05) is 30.7 Å². The first-order valence-electron chi connectivity index (χ1n) is 9.66. The number of sulfonamides is 1. The van der Waals surface area contributed by atoms with Gasteiger partial charge in [0.25, 0.3) is 10.0 Å². The molecule has 8 heteroatoms. The van der Waals surface area contributed by atoms with Crippen LogP contribution in [-0.2, 0) is 14.8 Å². The molecule has 0 atom stereocenters. The summed E-state index contributed by atoms with van der Waals surface area (Å²) in [5.74, 6) is -0.184. The van der Waals surface area contributed by atoms with Gasteiger partial charge in [-0.2, -0.15) is 0 Å². The second kappa shape index (κ2) is 9.28. The van der Waals surface area contributed by atoms with Gasteiger partial charge in [-0.1, -0.05) is 46.6 Å². The molecule has 2 aromatic rings. The van der Waals surface area contributed by atoms with E-state index in [1.807, 2.05) is 13.0 Å². The third-order valence-electron chi connectivity index (χ3n) is 5.16. The molecule has 1 fully saturated rings. The molecule has 0 radical (unpaired) electrons. The number of amides is 1. The molecule has 156 valence electrons. The van der Waals surface area contributed by atoms with Crippen molar-refractivity contribution in [2.75, 3.05) is 43.6 Å². The van der Waals surface area contributed by atoms with E-state index in [0.717, 1.165) is 29.7 Å². The Labute approximate surface area is 181 Å². The van der Waals surface area contributed by atoms with Gasteiger partial charge in [-0.15, -0.1) is 0 Å². The highest BCUT2D eigenvalue weighted by atomic mass is 79.9. The minimum Gasteiger partial charge on any atom is -0.339 e. The fourth-order valence-electron chi connectivity index (χ4n) is 3.32. The number of halogens is 1. The molecule has 1 amide bonds. The molecule has 1 aliphatic heterocycles. The Morgan fingerprint density at radius 1 is 1.07 bits per heavy atom. The molecular weight excluding hydrogens is 454 g/mol. The maximum atomic E-state index is 13.4. The Bertz CT molecular complexity index is 955. The number of anilines is 1. The van der Waals surface area contributed by atoms with Crippen molar-refractivity contribution in [3.8, 4) is 0 Å². The maximum Gasteiger partial charge on any atom is 0.264 e. The normalized spacial score (nSPS) is 15.3. The van der Waals surface area contributed by atoms with E-state index in [9.17, 15) is 13.2 Å². The van der Waals surface area contributed by atoms with E-state index in [1.54, 1.807) is 47.4 Å². The number of hydrogen-bond donors (Lipinski definition) is 0. The summed E-state index contributed by atoms with van der Waals surface area (Å²) in [6, 6.07) is 13.7. The van der Waals surface area contributed by atoms with E-state index < -0.39 is 10.0 Å². The Morgan fingerprint density at radius 2 is 1.72 bits per heavy atom. The molecule has 2 aromatic carbocycles. The number of benzene rings is 2. The first kappa shape index (κ1) is 21.8. The highest BCUT2D eigenvalue weighted by Gasteiger charge is 2.30. The lowest BCUT2D eigenvalue weighted by atomic mass is 10.2. The second-order valence-electron chi connectivity index (χ2n) is 7.12. The number of nitrogens with zero attached hydrogens (tertiary/aromatic N) is 3. The van der Waals surface area contributed by atoms with Crippen LogP contribution in [0.1, 0.15) is 12.5 Å². The predicted octanol–water partition coefficient (Wildman–Crippen LogP) is 3.12. The lowest BCUT2D eigenvalue weighted by Gasteiger charge is -2.35. The van der Waals surface area contributed by atoms with Crippen LogP contribution in [0.2, 0.25) is 0 Å². The Balaban J connectivity index is 1.90. The molecular formula is C21H26BrN3O3S. The zero-order valence-corrected chi connectivity index (χ0v) is 19.1. The third kappa shape index (κ3) is 5.18. The van der Waals surface area contributed by atoms with Crippen molar-refractivity contribution in [3.05, 3.63) is 58.6 Å². The molecule has 0 unspecified atom stereocenters. The van der Waals surface area contributed by atoms with Crippen LogP contribution >= 0.6 is 15.9 Å². The van der Waals surface area contributed by atoms with Crippen molar-refractivity contribution in [1.29, 1.82) is 0 Å². The zero-order valence-electron chi connectivity index (χ0n) is 16.7. The van der Waals surface area contributed by atoms with Crippen molar-refractivity contribution in [2.24, 2.45) is 0 Å². The number of carbonyl (C=O) groups excluding carboxylic acids is 1. The van der Waals surface area contributed by atoms with E-state index >= 15 is 0 Å². The van der Waals surface area contributed by atoms with Crippen molar-refractivity contribution in [1.82, 2.24) is 9.80 Å². The highest BCUT2D eigenvalue weighted by Crippen LogP contribution is 2.26. The fourth-order valence-corrected chi connectivity index (χ4v) is 5.11. The van der Waals surface area contributed by atoms with Gasteiger partial charge >= 0.3 is 0 Å². The predicted molar refractivity (Wildman–Crippen MR) is 119 cm³/mol. The summed E-state index contributed by atoms with van der Waals surface area (Å²) in [6.45, 7) is 7.58. The first-order valence-corrected chi connectivity index (χ1v) is 11.9. The average molecular weight is 480 g/mol. The first-order chi connectivity index (χ1) is 13.8. The number of likely N-dealkylation sites (N-methyl/N-ethyl adjacent to an activating group) is 1. The summed E-state index contributed by atoms with van der Waals surface area (Å²) in [5.41, 5.74) is 1.43. The van der Waals surface area contributed by atoms with E-state index in [1.165, 1.54) is 4.31 Å². The monoisotopic (exact) mass is 479 g/mol. The highest BCUT2D eigenvalue weighted by molar-refractivity contribution is 9.10. The number of aryl methyl sites for hydroxylation is 1. The van der Waals surface area contributed by atoms with Gasteiger partial charge in [0.15, 0.2) is 0 Å². The standard InChI is InChI=1S/C21H26BrN3O3S/c1-3-23-11-13-24(14-12-23)21(26)16-25(19-6-4-5-18(22)15-19)29(27,28)20-9-7-17(2)8-10-20/h4-10,15H,3,11-14,16H2,1-2H3. The van der Waals surface area contributed by atoms with Gasteiger partial charge in [0.05, 0.1) is 10.6 Å². The van der Waals surface area contributed by atoms with Crippen molar-refractivity contribution < 1.29 is 13.2 Å². The average Bonchev–Trinajstić information content (AvgIpc) is 2.72. The van der Waals surface area contributed by atoms with Crippen LogP contribution in [-0.4, -0.2) is 63.4 Å². The summed E-state index contributed by atoms with van der Waals surface area (Å²) in [7, 11) is -3.88. The Kier molecular flexibility index (Phi) is 6.97. The minimum absolute atomic E-state index is 0.173. The van der Waals surface area contributed by atoms with Crippen molar-refractivity contribution in [3.63, 3.8) is 0 Å². The number of rotatable bonds is 6. The molecule has 1 saturated heterocycles. The fraction of sp³-hybridized carbons (Fsp3) is 0.381. The van der Waals surface area contributed by atoms with Gasteiger partial charge in [-0.05, 0) is 43.8 Å². The van der Waals surface area contributed by atoms with E-state index in [-0.39, 0.29) is 17.3 Å². The quantitative estimate of drug-likeness (QED) is 0.638. The van der Waals surface area contributed by atoms with E-state index in [0.29, 0.717) is 18.8 Å². The number of hydrogen-bond acceptors (Lipinski definition) is 4. The van der Waals surface area contributed by atoms with Gasteiger partial charge in [-0.25, -0.2) is 8.42 Å². The van der Waals surface area contributed by atoms with Crippen LogP contribution in [0, 0.1) is 6.92 Å². The molecule has 6 nitrogen and oxygen atoms in total. The summed E-state index contributed by atoms with van der Waals surface area (Å²) in [5, 5.41) is 0. The smallest absolute Gasteiger partial charge is 0.264 e. The van der Waals surface area contributed by atoms with Gasteiger partial charge in [0.2, 0.25) is 5.91 Å².